The van der Waals surface area contributed by atoms with Crippen LogP contribution in [0.3, 0.4) is 0 Å². The van der Waals surface area contributed by atoms with Crippen molar-refractivity contribution in [2.24, 2.45) is 0 Å². The lowest BCUT2D eigenvalue weighted by molar-refractivity contribution is 0.590. The van der Waals surface area contributed by atoms with Gasteiger partial charge < -0.3 is 9.80 Å². The third-order valence-electron chi connectivity index (χ3n) is 14.3. The molecule has 0 bridgehead atoms. The van der Waals surface area contributed by atoms with Crippen molar-refractivity contribution in [3.8, 4) is 33.4 Å². The zero-order valence-electron chi connectivity index (χ0n) is 39.2. The highest BCUT2D eigenvalue weighted by Gasteiger charge is 2.44. The molecule has 0 fully saturated rings. The van der Waals surface area contributed by atoms with Crippen molar-refractivity contribution in [2.75, 3.05) is 9.80 Å². The Morgan fingerprint density at radius 1 is 0.313 bits per heavy atom. The molecule has 0 atom stereocenters. The maximum absolute atomic E-state index is 2.55. The standard InChI is InChI=1S/C64H53BN2/c1-63(2,3)46-34-35-55-57(41-46)67(49-26-14-9-15-27-49)59-40-44(39-58-62(59)65(55)54-32-20-21-33-56(54)66(58)48-24-12-8-13-25-48)43-36-45(38-47(37-43)64(4,5)6)61-52-30-18-16-28-50(52)60(42-22-10-7-11-23-42)51-29-17-19-31-53(51)61/h7-41H,1-6H3. The van der Waals surface area contributed by atoms with E-state index in [4.69, 9.17) is 0 Å². The Kier molecular flexibility index (Phi) is 9.45. The average Bonchev–Trinajstić information content (AvgIpc) is 3.35. The van der Waals surface area contributed by atoms with E-state index in [-0.39, 0.29) is 17.5 Å². The van der Waals surface area contributed by atoms with Crippen LogP contribution in [0.1, 0.15) is 52.7 Å². The van der Waals surface area contributed by atoms with E-state index in [1.807, 2.05) is 0 Å². The minimum Gasteiger partial charge on any atom is -0.311 e. The fraction of sp³-hybridized carbons (Fsp3) is 0.125. The average molecular weight is 861 g/mol. The Balaban J connectivity index is 1.18. The van der Waals surface area contributed by atoms with Gasteiger partial charge in [0.25, 0.3) is 6.71 Å². The molecule has 0 radical (unpaired) electrons. The van der Waals surface area contributed by atoms with Crippen LogP contribution in [0, 0.1) is 0 Å². The molecule has 12 rings (SSSR count). The number of hydrogen-bond acceptors (Lipinski definition) is 2. The largest absolute Gasteiger partial charge is 0.311 e. The number of rotatable bonds is 5. The Labute approximate surface area is 395 Å². The summed E-state index contributed by atoms with van der Waals surface area (Å²) >= 11 is 0. The van der Waals surface area contributed by atoms with E-state index in [1.54, 1.807) is 0 Å². The molecule has 10 aromatic carbocycles. The molecular formula is C64H53BN2. The smallest absolute Gasteiger partial charge is 0.252 e. The molecular weight excluding hydrogens is 808 g/mol. The first-order valence-electron chi connectivity index (χ1n) is 23.8. The van der Waals surface area contributed by atoms with Crippen LogP contribution in [0.5, 0.6) is 0 Å². The van der Waals surface area contributed by atoms with E-state index in [9.17, 15) is 0 Å². The zero-order valence-corrected chi connectivity index (χ0v) is 39.2. The number of anilines is 6. The van der Waals surface area contributed by atoms with E-state index in [1.165, 1.54) is 105 Å². The van der Waals surface area contributed by atoms with Gasteiger partial charge in [-0.2, -0.15) is 0 Å². The van der Waals surface area contributed by atoms with Gasteiger partial charge in [0, 0.05) is 34.1 Å². The molecule has 67 heavy (non-hydrogen) atoms. The molecule has 2 aliphatic rings. The zero-order chi connectivity index (χ0) is 45.6. The highest BCUT2D eigenvalue weighted by molar-refractivity contribution is 7.00. The Bertz CT molecular complexity index is 3490. The maximum atomic E-state index is 2.55. The van der Waals surface area contributed by atoms with Gasteiger partial charge in [0.2, 0.25) is 0 Å². The summed E-state index contributed by atoms with van der Waals surface area (Å²) in [6.45, 7) is 14.1. The monoisotopic (exact) mass is 860 g/mol. The highest BCUT2D eigenvalue weighted by Crippen LogP contribution is 2.49. The summed E-state index contributed by atoms with van der Waals surface area (Å²) in [6.07, 6.45) is 0. The summed E-state index contributed by atoms with van der Waals surface area (Å²) in [6, 6.07) is 79.7. The van der Waals surface area contributed by atoms with Gasteiger partial charge in [0.1, 0.15) is 0 Å². The molecule has 2 aliphatic heterocycles. The van der Waals surface area contributed by atoms with Crippen LogP contribution in [0.15, 0.2) is 212 Å². The minimum absolute atomic E-state index is 0.0311. The van der Waals surface area contributed by atoms with Crippen LogP contribution in [0.4, 0.5) is 34.1 Å². The fourth-order valence-electron chi connectivity index (χ4n) is 11.0. The van der Waals surface area contributed by atoms with E-state index >= 15 is 0 Å². The number of hydrogen-bond donors (Lipinski definition) is 0. The van der Waals surface area contributed by atoms with Crippen molar-refractivity contribution >= 4 is 78.8 Å². The third-order valence-corrected chi connectivity index (χ3v) is 14.3. The van der Waals surface area contributed by atoms with E-state index in [0.29, 0.717) is 0 Å². The van der Waals surface area contributed by atoms with E-state index in [2.05, 4.69) is 264 Å². The van der Waals surface area contributed by atoms with Crippen molar-refractivity contribution in [3.05, 3.63) is 223 Å². The fourth-order valence-corrected chi connectivity index (χ4v) is 11.0. The van der Waals surface area contributed by atoms with Crippen LogP contribution in [-0.2, 0) is 10.8 Å². The predicted molar refractivity (Wildman–Crippen MR) is 289 cm³/mol. The Morgan fingerprint density at radius 3 is 1.30 bits per heavy atom. The molecule has 322 valence electrons. The van der Waals surface area contributed by atoms with E-state index in [0.717, 1.165) is 11.4 Å². The number of nitrogens with zero attached hydrogens (tertiary/aromatic N) is 2. The quantitative estimate of drug-likeness (QED) is 0.126. The van der Waals surface area contributed by atoms with Gasteiger partial charge in [-0.15, -0.1) is 0 Å². The molecule has 2 nitrogen and oxygen atoms in total. The van der Waals surface area contributed by atoms with Crippen LogP contribution < -0.4 is 26.2 Å². The summed E-state index contributed by atoms with van der Waals surface area (Å²) in [7, 11) is 0. The molecule has 0 unspecified atom stereocenters. The van der Waals surface area contributed by atoms with Gasteiger partial charge >= 0.3 is 0 Å². The first-order valence-corrected chi connectivity index (χ1v) is 23.8. The summed E-state index contributed by atoms with van der Waals surface area (Å²) in [5.74, 6) is 0. The molecule has 2 heterocycles. The van der Waals surface area contributed by atoms with Gasteiger partial charge in [0.05, 0.1) is 0 Å². The second kappa shape index (κ2) is 15.5. The topological polar surface area (TPSA) is 6.48 Å². The molecule has 10 aromatic rings. The summed E-state index contributed by atoms with van der Waals surface area (Å²) < 4.78 is 0. The van der Waals surface area contributed by atoms with Crippen molar-refractivity contribution in [3.63, 3.8) is 0 Å². The predicted octanol–water partition coefficient (Wildman–Crippen LogP) is 15.7. The number of fused-ring (bicyclic) bond motifs is 6. The number of benzene rings is 10. The summed E-state index contributed by atoms with van der Waals surface area (Å²) in [4.78, 5) is 5.07. The first-order chi connectivity index (χ1) is 32.5. The van der Waals surface area contributed by atoms with Crippen LogP contribution in [0.2, 0.25) is 0 Å². The van der Waals surface area contributed by atoms with Gasteiger partial charge in [-0.3, -0.25) is 0 Å². The highest BCUT2D eigenvalue weighted by atomic mass is 15.2. The molecule has 0 aromatic heterocycles. The van der Waals surface area contributed by atoms with Crippen molar-refractivity contribution in [1.82, 2.24) is 0 Å². The van der Waals surface area contributed by atoms with Gasteiger partial charge in [-0.05, 0) is 148 Å². The van der Waals surface area contributed by atoms with Crippen LogP contribution in [0.25, 0.3) is 54.9 Å². The van der Waals surface area contributed by atoms with Gasteiger partial charge in [0.15, 0.2) is 0 Å². The normalized spacial score (nSPS) is 13.1. The van der Waals surface area contributed by atoms with Crippen LogP contribution >= 0.6 is 0 Å². The molecule has 0 N–H and O–H groups in total. The summed E-state index contributed by atoms with van der Waals surface area (Å²) in [5.41, 5.74) is 21.0. The lowest BCUT2D eigenvalue weighted by atomic mass is 9.33. The first kappa shape index (κ1) is 40.9. The SMILES string of the molecule is CC(C)(C)c1cc(-c2cc3c4c(c2)N(c2ccccc2)c2cc(C(C)(C)C)ccc2B4c2ccccc2N3c2ccccc2)cc(-c2c3ccccc3c(-c3ccccc3)c3ccccc23)c1. The molecule has 3 heteroatoms. The maximum Gasteiger partial charge on any atom is 0.252 e. The molecule has 0 saturated heterocycles. The van der Waals surface area contributed by atoms with Gasteiger partial charge in [-0.1, -0.05) is 199 Å². The van der Waals surface area contributed by atoms with Crippen molar-refractivity contribution < 1.29 is 0 Å². The molecule has 0 aliphatic carbocycles. The third kappa shape index (κ3) is 6.71. The molecule has 0 spiro atoms. The minimum atomic E-state index is -0.124. The molecule has 0 amide bonds. The van der Waals surface area contributed by atoms with Crippen LogP contribution in [-0.4, -0.2) is 6.71 Å². The number of para-hydroxylation sites is 3. The van der Waals surface area contributed by atoms with E-state index < -0.39 is 0 Å². The van der Waals surface area contributed by atoms with Gasteiger partial charge in [-0.25, -0.2) is 0 Å². The Morgan fingerprint density at radius 2 is 0.746 bits per heavy atom. The lowest BCUT2D eigenvalue weighted by Gasteiger charge is -2.44. The second-order valence-electron chi connectivity index (χ2n) is 20.5. The Hall–Kier alpha value is -7.62. The summed E-state index contributed by atoms with van der Waals surface area (Å²) in [5, 5.41) is 5.04. The molecule has 0 saturated carbocycles. The lowest BCUT2D eigenvalue weighted by Crippen LogP contribution is -2.61. The van der Waals surface area contributed by atoms with Crippen molar-refractivity contribution in [2.45, 2.75) is 52.4 Å². The van der Waals surface area contributed by atoms with Crippen molar-refractivity contribution in [1.29, 1.82) is 0 Å². The second-order valence-corrected chi connectivity index (χ2v) is 20.5.